The van der Waals surface area contributed by atoms with E-state index in [0.717, 1.165) is 6.42 Å². The van der Waals surface area contributed by atoms with Crippen LogP contribution >= 0.6 is 0 Å². The molecule has 2 aromatic rings. The number of benzene rings is 2. The van der Waals surface area contributed by atoms with Crippen LogP contribution < -0.4 is 5.32 Å². The Morgan fingerprint density at radius 2 is 2.00 bits per heavy atom. The Bertz CT molecular complexity index is 549. The smallest absolute Gasteiger partial charge is 0.404 e. The van der Waals surface area contributed by atoms with Crippen molar-refractivity contribution in [2.75, 3.05) is 6.54 Å². The first-order valence-corrected chi connectivity index (χ1v) is 5.62. The number of rotatable bonds is 3. The minimum Gasteiger partial charge on any atom is -0.465 e. The number of fused-ring (bicyclic) bond motifs is 1. The van der Waals surface area contributed by atoms with Crippen LogP contribution in [0.4, 0.5) is 4.79 Å². The minimum atomic E-state index is -0.969. The first-order valence-electron chi connectivity index (χ1n) is 5.62. The summed E-state index contributed by atoms with van der Waals surface area (Å²) < 4.78 is 0. The summed E-state index contributed by atoms with van der Waals surface area (Å²) in [5.41, 5.74) is 2.42. The van der Waals surface area contributed by atoms with Gasteiger partial charge in [-0.25, -0.2) is 4.79 Å². The second kappa shape index (κ2) is 4.87. The standard InChI is InChI=1S/C14H15NO2/c1-10-11(8-9-15-14(16)17)6-7-12-4-2-3-5-13(10)12/h2-7,15H,8-9H2,1H3,(H,16,17). The Hall–Kier alpha value is -2.03. The van der Waals surface area contributed by atoms with Crippen LogP contribution in [0, 0.1) is 6.92 Å². The van der Waals surface area contributed by atoms with E-state index in [2.05, 4.69) is 36.5 Å². The van der Waals surface area contributed by atoms with Gasteiger partial charge in [-0.2, -0.15) is 0 Å². The van der Waals surface area contributed by atoms with Crippen molar-refractivity contribution in [3.8, 4) is 0 Å². The summed E-state index contributed by atoms with van der Waals surface area (Å²) >= 11 is 0. The van der Waals surface area contributed by atoms with Crippen molar-refractivity contribution in [1.82, 2.24) is 5.32 Å². The number of carbonyl (C=O) groups is 1. The largest absolute Gasteiger partial charge is 0.465 e. The van der Waals surface area contributed by atoms with Gasteiger partial charge >= 0.3 is 6.09 Å². The fourth-order valence-corrected chi connectivity index (χ4v) is 2.05. The molecule has 1 amide bonds. The summed E-state index contributed by atoms with van der Waals surface area (Å²) in [5, 5.41) is 13.4. The highest BCUT2D eigenvalue weighted by Gasteiger charge is 2.03. The van der Waals surface area contributed by atoms with Crippen molar-refractivity contribution in [3.63, 3.8) is 0 Å². The molecule has 2 rings (SSSR count). The molecule has 3 nitrogen and oxygen atoms in total. The van der Waals surface area contributed by atoms with Gasteiger partial charge in [0.25, 0.3) is 0 Å². The molecular formula is C14H15NO2. The van der Waals surface area contributed by atoms with Crippen molar-refractivity contribution < 1.29 is 9.90 Å². The Morgan fingerprint density at radius 1 is 1.24 bits per heavy atom. The van der Waals surface area contributed by atoms with E-state index in [9.17, 15) is 4.79 Å². The van der Waals surface area contributed by atoms with Gasteiger partial charge in [0.2, 0.25) is 0 Å². The van der Waals surface area contributed by atoms with Crippen molar-refractivity contribution in [2.24, 2.45) is 0 Å². The topological polar surface area (TPSA) is 49.3 Å². The maximum Gasteiger partial charge on any atom is 0.404 e. The summed E-state index contributed by atoms with van der Waals surface area (Å²) in [6.07, 6.45) is -0.244. The van der Waals surface area contributed by atoms with Gasteiger partial charge in [-0.1, -0.05) is 36.4 Å². The summed E-state index contributed by atoms with van der Waals surface area (Å²) in [7, 11) is 0. The zero-order valence-electron chi connectivity index (χ0n) is 9.73. The molecule has 88 valence electrons. The van der Waals surface area contributed by atoms with Gasteiger partial charge in [-0.3, -0.25) is 0 Å². The van der Waals surface area contributed by atoms with Gasteiger partial charge in [0.15, 0.2) is 0 Å². The predicted octanol–water partition coefficient (Wildman–Crippen LogP) is 2.96. The van der Waals surface area contributed by atoms with E-state index in [4.69, 9.17) is 5.11 Å². The molecule has 0 aromatic heterocycles. The normalized spacial score (nSPS) is 10.4. The molecule has 0 spiro atoms. The second-order valence-corrected chi connectivity index (χ2v) is 4.05. The molecule has 0 saturated heterocycles. The lowest BCUT2D eigenvalue weighted by atomic mass is 9.98. The molecule has 0 heterocycles. The van der Waals surface area contributed by atoms with Crippen LogP contribution in [-0.2, 0) is 6.42 Å². The van der Waals surface area contributed by atoms with E-state index in [1.54, 1.807) is 0 Å². The number of aryl methyl sites for hydroxylation is 1. The number of amides is 1. The van der Waals surface area contributed by atoms with Crippen LogP contribution in [0.15, 0.2) is 36.4 Å². The second-order valence-electron chi connectivity index (χ2n) is 4.05. The third-order valence-corrected chi connectivity index (χ3v) is 2.98. The molecule has 3 heteroatoms. The number of nitrogens with one attached hydrogen (secondary N) is 1. The molecule has 0 unspecified atom stereocenters. The Labute approximate surface area is 100 Å². The van der Waals surface area contributed by atoms with Crippen LogP contribution in [0.2, 0.25) is 0 Å². The summed E-state index contributed by atoms with van der Waals surface area (Å²) in [5.74, 6) is 0. The molecule has 0 bridgehead atoms. The fourth-order valence-electron chi connectivity index (χ4n) is 2.05. The monoisotopic (exact) mass is 229 g/mol. The van der Waals surface area contributed by atoms with E-state index in [-0.39, 0.29) is 0 Å². The first-order chi connectivity index (χ1) is 8.18. The zero-order valence-corrected chi connectivity index (χ0v) is 9.73. The first kappa shape index (κ1) is 11.5. The summed E-state index contributed by atoms with van der Waals surface area (Å²) in [6, 6.07) is 12.4. The molecule has 0 saturated carbocycles. The molecule has 0 fully saturated rings. The molecular weight excluding hydrogens is 214 g/mol. The van der Waals surface area contributed by atoms with E-state index in [1.807, 2.05) is 12.1 Å². The molecule has 2 aromatic carbocycles. The fraction of sp³-hybridized carbons (Fsp3) is 0.214. The van der Waals surface area contributed by atoms with Gasteiger partial charge in [0.1, 0.15) is 0 Å². The van der Waals surface area contributed by atoms with E-state index in [0.29, 0.717) is 6.54 Å². The molecule has 2 N–H and O–H groups in total. The van der Waals surface area contributed by atoms with Crippen molar-refractivity contribution in [1.29, 1.82) is 0 Å². The lowest BCUT2D eigenvalue weighted by Crippen LogP contribution is -2.23. The van der Waals surface area contributed by atoms with Crippen molar-refractivity contribution in [3.05, 3.63) is 47.5 Å². The quantitative estimate of drug-likeness (QED) is 0.850. The van der Waals surface area contributed by atoms with Crippen LogP contribution in [0.3, 0.4) is 0 Å². The Morgan fingerprint density at radius 3 is 2.76 bits per heavy atom. The molecule has 0 radical (unpaired) electrons. The highest BCUT2D eigenvalue weighted by molar-refractivity contribution is 5.86. The van der Waals surface area contributed by atoms with Gasteiger partial charge in [-0.15, -0.1) is 0 Å². The SMILES string of the molecule is Cc1c(CCNC(=O)O)ccc2ccccc12. The third-order valence-electron chi connectivity index (χ3n) is 2.98. The molecule has 0 atom stereocenters. The number of hydrogen-bond acceptors (Lipinski definition) is 1. The maximum atomic E-state index is 10.4. The van der Waals surface area contributed by atoms with Crippen molar-refractivity contribution >= 4 is 16.9 Å². The summed E-state index contributed by atoms with van der Waals surface area (Å²) in [4.78, 5) is 10.4. The molecule has 0 aliphatic rings. The van der Waals surface area contributed by atoms with E-state index in [1.165, 1.54) is 21.9 Å². The average Bonchev–Trinajstić information content (AvgIpc) is 2.32. The maximum absolute atomic E-state index is 10.4. The zero-order chi connectivity index (χ0) is 12.3. The van der Waals surface area contributed by atoms with Gasteiger partial charge in [-0.05, 0) is 35.2 Å². The van der Waals surface area contributed by atoms with Crippen LogP contribution in [-0.4, -0.2) is 17.7 Å². The van der Waals surface area contributed by atoms with Crippen LogP contribution in [0.1, 0.15) is 11.1 Å². The van der Waals surface area contributed by atoms with Gasteiger partial charge < -0.3 is 10.4 Å². The van der Waals surface area contributed by atoms with Gasteiger partial charge in [0.05, 0.1) is 0 Å². The van der Waals surface area contributed by atoms with Crippen molar-refractivity contribution in [2.45, 2.75) is 13.3 Å². The van der Waals surface area contributed by atoms with Gasteiger partial charge in [0, 0.05) is 6.54 Å². The Kier molecular flexibility index (Phi) is 3.28. The van der Waals surface area contributed by atoms with Crippen LogP contribution in [0.25, 0.3) is 10.8 Å². The molecule has 0 aliphatic heterocycles. The lowest BCUT2D eigenvalue weighted by Gasteiger charge is -2.09. The minimum absolute atomic E-state index is 0.453. The third kappa shape index (κ3) is 2.56. The van der Waals surface area contributed by atoms with Crippen LogP contribution in [0.5, 0.6) is 0 Å². The van der Waals surface area contributed by atoms with E-state index < -0.39 is 6.09 Å². The summed E-state index contributed by atoms with van der Waals surface area (Å²) in [6.45, 7) is 2.53. The number of carboxylic acid groups (broad SMARTS) is 1. The Balaban J connectivity index is 2.23. The lowest BCUT2D eigenvalue weighted by molar-refractivity contribution is 0.194. The highest BCUT2D eigenvalue weighted by atomic mass is 16.4. The number of hydrogen-bond donors (Lipinski definition) is 2. The predicted molar refractivity (Wildman–Crippen MR) is 68.4 cm³/mol. The average molecular weight is 229 g/mol. The van der Waals surface area contributed by atoms with E-state index >= 15 is 0 Å². The molecule has 0 aliphatic carbocycles. The highest BCUT2D eigenvalue weighted by Crippen LogP contribution is 2.21. The molecule has 17 heavy (non-hydrogen) atoms.